The van der Waals surface area contributed by atoms with Crippen molar-refractivity contribution in [3.8, 4) is 6.07 Å². The van der Waals surface area contributed by atoms with Gasteiger partial charge in [0.1, 0.15) is 0 Å². The second-order valence-electron chi connectivity index (χ2n) is 11.8. The van der Waals surface area contributed by atoms with Crippen LogP contribution < -0.4 is 38.9 Å². The van der Waals surface area contributed by atoms with E-state index in [4.69, 9.17) is 32.9 Å². The average Bonchev–Trinajstić information content (AvgIpc) is 2.93. The molecular weight excluding hydrogens is 514 g/mol. The summed E-state index contributed by atoms with van der Waals surface area (Å²) in [5.74, 6) is 0.415. The number of rotatable bonds is 20. The molecule has 1 aliphatic carbocycles. The monoisotopic (exact) mass is 567 g/mol. The van der Waals surface area contributed by atoms with Crippen molar-refractivity contribution >= 4 is 0 Å². The van der Waals surface area contributed by atoms with Gasteiger partial charge in [-0.1, -0.05) is 6.92 Å². The van der Waals surface area contributed by atoms with Crippen LogP contribution in [0.2, 0.25) is 0 Å². The van der Waals surface area contributed by atoms with Crippen molar-refractivity contribution in [2.45, 2.75) is 107 Å². The first-order valence-electron chi connectivity index (χ1n) is 14.7. The number of aliphatic hydroxyl groups excluding tert-OH is 2. The van der Waals surface area contributed by atoms with E-state index in [1.54, 1.807) is 6.92 Å². The summed E-state index contributed by atoms with van der Waals surface area (Å²) < 4.78 is 6.63. The van der Waals surface area contributed by atoms with Crippen LogP contribution in [0.4, 0.5) is 0 Å². The van der Waals surface area contributed by atoms with E-state index in [1.165, 1.54) is 0 Å². The average molecular weight is 568 g/mol. The van der Waals surface area contributed by atoms with Crippen LogP contribution in [0.3, 0.4) is 0 Å². The van der Waals surface area contributed by atoms with Crippen LogP contribution in [0.1, 0.15) is 65.2 Å². The molecule has 0 aromatic heterocycles. The minimum atomic E-state index is -1.18. The Kier molecular flexibility index (Phi) is 14.7. The van der Waals surface area contributed by atoms with Crippen molar-refractivity contribution < 1.29 is 14.9 Å². The van der Waals surface area contributed by atoms with Gasteiger partial charge in [0.2, 0.25) is 5.66 Å². The predicted molar refractivity (Wildman–Crippen MR) is 155 cm³/mol. The number of ether oxygens (including phenoxy) is 1. The van der Waals surface area contributed by atoms with Gasteiger partial charge in [0.25, 0.3) is 0 Å². The standard InChI is InChI=1S/C27H53N9O4/c1-17(11-22(38)25-26(32)27(2,35-25)36-39)12-23(21(31)16-34-15-19(37)5-3-8-28)40-24-13-18(6-7-20(24)30)14-33-10-4-9-29/h17-24,33-35,37-38H,3-8,10-16,28,30-32H2,1-2H3. The first-order valence-corrected chi connectivity index (χ1v) is 14.7. The smallest absolute Gasteiger partial charge is 0.210 e. The van der Waals surface area contributed by atoms with E-state index in [0.29, 0.717) is 63.5 Å². The molecular formula is C27H53N9O4. The van der Waals surface area contributed by atoms with Gasteiger partial charge < -0.3 is 53.8 Å². The highest BCUT2D eigenvalue weighted by molar-refractivity contribution is 5.35. The van der Waals surface area contributed by atoms with Crippen molar-refractivity contribution in [2.24, 2.45) is 39.9 Å². The third-order valence-corrected chi connectivity index (χ3v) is 8.10. The fourth-order valence-electron chi connectivity index (χ4n) is 5.51. The number of hydrogen-bond donors (Lipinski definition) is 9. The van der Waals surface area contributed by atoms with Crippen LogP contribution in [0.15, 0.2) is 16.6 Å². The van der Waals surface area contributed by atoms with Gasteiger partial charge in [0.05, 0.1) is 41.9 Å². The molecule has 0 spiro atoms. The Morgan fingerprint density at radius 3 is 2.67 bits per heavy atom. The fourth-order valence-corrected chi connectivity index (χ4v) is 5.51. The Labute approximate surface area is 238 Å². The number of aliphatic hydroxyl groups is 2. The van der Waals surface area contributed by atoms with Gasteiger partial charge in [0, 0.05) is 38.1 Å². The number of nitroso groups, excluding NO2 is 1. The SMILES string of the molecule is CC(CC(O)C1=C(N)C(C)(N=O)N1)CC(OC1CC(CNCCC#N)CCC1N)C(N)CNCC(O)CCCN. The van der Waals surface area contributed by atoms with Crippen LogP contribution in [0, 0.1) is 28.1 Å². The zero-order valence-corrected chi connectivity index (χ0v) is 24.2. The predicted octanol–water partition coefficient (Wildman–Crippen LogP) is -0.579. The van der Waals surface area contributed by atoms with Gasteiger partial charge in [0.15, 0.2) is 0 Å². The van der Waals surface area contributed by atoms with Gasteiger partial charge in [-0.3, -0.25) is 0 Å². The number of nitrogens with two attached hydrogens (primary N) is 4. The van der Waals surface area contributed by atoms with Crippen molar-refractivity contribution in [1.29, 1.82) is 5.26 Å². The van der Waals surface area contributed by atoms with Gasteiger partial charge in [-0.05, 0) is 82.0 Å². The molecule has 9 unspecified atom stereocenters. The third-order valence-electron chi connectivity index (χ3n) is 8.10. The summed E-state index contributed by atoms with van der Waals surface area (Å²) in [7, 11) is 0. The Hall–Kier alpha value is -1.89. The zero-order chi connectivity index (χ0) is 29.7. The Morgan fingerprint density at radius 2 is 2.02 bits per heavy atom. The summed E-state index contributed by atoms with van der Waals surface area (Å²) in [6, 6.07) is 1.68. The fraction of sp³-hybridized carbons (Fsp3) is 0.889. The number of nitrogens with one attached hydrogen (secondary N) is 3. The highest BCUT2D eigenvalue weighted by atomic mass is 16.5. The molecule has 1 heterocycles. The minimum Gasteiger partial charge on any atom is -0.397 e. The molecule has 1 saturated carbocycles. The molecule has 13 heteroatoms. The topological polar surface area (TPSA) is 243 Å². The van der Waals surface area contributed by atoms with Gasteiger partial charge in [-0.2, -0.15) is 5.26 Å². The summed E-state index contributed by atoms with van der Waals surface area (Å²) in [5.41, 5.74) is 24.2. The molecule has 0 bridgehead atoms. The zero-order valence-electron chi connectivity index (χ0n) is 24.2. The van der Waals surface area contributed by atoms with E-state index in [2.05, 4.69) is 27.2 Å². The van der Waals surface area contributed by atoms with Crippen LogP contribution in [-0.2, 0) is 4.74 Å². The lowest BCUT2D eigenvalue weighted by Crippen LogP contribution is -2.58. The second kappa shape index (κ2) is 17.2. The summed E-state index contributed by atoms with van der Waals surface area (Å²) >= 11 is 0. The summed E-state index contributed by atoms with van der Waals surface area (Å²) in [6.07, 6.45) is 3.64. The first-order chi connectivity index (χ1) is 19.0. The highest BCUT2D eigenvalue weighted by Crippen LogP contribution is 2.32. The maximum Gasteiger partial charge on any atom is 0.210 e. The summed E-state index contributed by atoms with van der Waals surface area (Å²) in [4.78, 5) is 11.0. The lowest BCUT2D eigenvalue weighted by Gasteiger charge is -2.40. The molecule has 9 atom stereocenters. The van der Waals surface area contributed by atoms with E-state index in [-0.39, 0.29) is 35.9 Å². The lowest BCUT2D eigenvalue weighted by molar-refractivity contribution is -0.0693. The molecule has 2 aliphatic rings. The quantitative estimate of drug-likeness (QED) is 0.0662. The molecule has 0 aromatic carbocycles. The summed E-state index contributed by atoms with van der Waals surface area (Å²) in [6.45, 7) is 6.46. The molecule has 1 aliphatic heterocycles. The Morgan fingerprint density at radius 1 is 1.27 bits per heavy atom. The number of nitrogens with zero attached hydrogens (tertiary/aromatic N) is 2. The number of nitriles is 1. The third kappa shape index (κ3) is 10.5. The van der Waals surface area contributed by atoms with Crippen LogP contribution >= 0.6 is 0 Å². The van der Waals surface area contributed by atoms with Crippen molar-refractivity contribution in [1.82, 2.24) is 16.0 Å². The maximum absolute atomic E-state index is 11.0. The molecule has 0 amide bonds. The molecule has 230 valence electrons. The lowest BCUT2D eigenvalue weighted by atomic mass is 9.83. The maximum atomic E-state index is 11.0. The largest absolute Gasteiger partial charge is 0.397 e. The van der Waals surface area contributed by atoms with E-state index in [9.17, 15) is 15.1 Å². The van der Waals surface area contributed by atoms with E-state index in [0.717, 1.165) is 32.2 Å². The van der Waals surface area contributed by atoms with Crippen LogP contribution in [0.25, 0.3) is 0 Å². The number of hydrogen-bond acceptors (Lipinski definition) is 13. The molecule has 0 radical (unpaired) electrons. The van der Waals surface area contributed by atoms with Crippen LogP contribution in [-0.4, -0.2) is 85.1 Å². The van der Waals surface area contributed by atoms with Crippen molar-refractivity contribution in [3.05, 3.63) is 16.3 Å². The van der Waals surface area contributed by atoms with Crippen molar-refractivity contribution in [3.63, 3.8) is 0 Å². The molecule has 13 N–H and O–H groups in total. The van der Waals surface area contributed by atoms with Crippen LogP contribution in [0.5, 0.6) is 0 Å². The summed E-state index contributed by atoms with van der Waals surface area (Å²) in [5, 5.41) is 42.2. The normalized spacial score (nSPS) is 28.5. The van der Waals surface area contributed by atoms with E-state index in [1.807, 2.05) is 6.92 Å². The second-order valence-corrected chi connectivity index (χ2v) is 11.8. The van der Waals surface area contributed by atoms with Gasteiger partial charge >= 0.3 is 0 Å². The molecule has 1 fully saturated rings. The molecule has 0 saturated heterocycles. The van der Waals surface area contributed by atoms with E-state index < -0.39 is 17.9 Å². The molecule has 2 rings (SSSR count). The Bertz CT molecular complexity index is 841. The highest BCUT2D eigenvalue weighted by Gasteiger charge is 2.43. The first kappa shape index (κ1) is 34.3. The van der Waals surface area contributed by atoms with Gasteiger partial charge in [-0.15, -0.1) is 4.91 Å². The molecule has 0 aromatic rings. The van der Waals surface area contributed by atoms with Crippen molar-refractivity contribution in [2.75, 3.05) is 32.7 Å². The Balaban J connectivity index is 2.01. The minimum absolute atomic E-state index is 0.0163. The van der Waals surface area contributed by atoms with Gasteiger partial charge in [-0.25, -0.2) is 0 Å². The molecule has 13 nitrogen and oxygen atoms in total. The van der Waals surface area contributed by atoms with E-state index >= 15 is 0 Å². The molecule has 40 heavy (non-hydrogen) atoms.